The molecule has 0 saturated heterocycles. The Balaban J connectivity index is 1.07. The van der Waals surface area contributed by atoms with Crippen molar-refractivity contribution in [3.63, 3.8) is 0 Å². The largest absolute Gasteiger partial charge is 0.0579 e. The number of benzene rings is 24. The van der Waals surface area contributed by atoms with Crippen LogP contribution in [-0.2, 0) is 23.7 Å². The van der Waals surface area contributed by atoms with E-state index in [1.165, 1.54) is 20.1 Å². The summed E-state index contributed by atoms with van der Waals surface area (Å²) >= 11 is 8.00. The molecule has 362 valence electrons. The normalized spacial score (nSPS) is 20.6. The lowest BCUT2D eigenvalue weighted by atomic mass is 9.49. The molecule has 39 rings (SSSR count). The van der Waals surface area contributed by atoms with Crippen molar-refractivity contribution >= 4 is 366 Å². The van der Waals surface area contributed by atoms with E-state index in [-0.39, 0.29) is 0 Å². The van der Waals surface area contributed by atoms with Crippen molar-refractivity contribution in [3.8, 4) is 0 Å². The van der Waals surface area contributed by atoms with Gasteiger partial charge in [-0.2, -0.15) is 0 Å². The van der Waals surface area contributed by atoms with E-state index < -0.39 is 10.8 Å². The Kier molecular flexibility index (Phi) is 3.17. The topological polar surface area (TPSA) is 0 Å². The second-order valence-electron chi connectivity index (χ2n) is 30.9. The smallest absolute Gasteiger partial charge is 0.0523 e. The zero-order valence-electron chi connectivity index (χ0n) is 43.8. The van der Waals surface area contributed by atoms with Crippen LogP contribution in [0.15, 0.2) is 57.5 Å². The summed E-state index contributed by atoms with van der Waals surface area (Å²) in [5.41, 5.74) is 12.5. The van der Waals surface area contributed by atoms with Crippen molar-refractivity contribution in [3.05, 3.63) is 102 Å². The second-order valence-corrected chi connectivity index (χ2v) is 32.7. The summed E-state index contributed by atoms with van der Waals surface area (Å²) in [7, 11) is 0. The Morgan fingerprint density at radius 2 is 0.267 bits per heavy atom. The average molecular weight is 1180 g/mol. The monoisotopic (exact) mass is 1180 g/mol. The highest BCUT2D eigenvalue weighted by atomic mass is 79.9. The molecule has 0 radical (unpaired) electrons. The third kappa shape index (κ3) is 1.97. The minimum atomic E-state index is -0.436. The Morgan fingerprint density at radius 3 is 0.442 bits per heavy atom. The van der Waals surface area contributed by atoms with E-state index in [0.717, 1.165) is 12.8 Å². The van der Waals surface area contributed by atoms with Crippen molar-refractivity contribution in [2.24, 2.45) is 0 Å². The molecule has 5 aliphatic carbocycles. The molecule has 0 aromatic heterocycles. The van der Waals surface area contributed by atoms with Gasteiger partial charge < -0.3 is 0 Å². The second kappa shape index (κ2) is 8.04. The van der Waals surface area contributed by atoms with E-state index in [4.69, 9.17) is 0 Å². The van der Waals surface area contributed by atoms with E-state index in [1.807, 2.05) is 0 Å². The van der Waals surface area contributed by atoms with Gasteiger partial charge in [-0.1, -0.05) is 56.1 Å². The molecule has 0 fully saturated rings. The molecule has 2 atom stereocenters. The lowest BCUT2D eigenvalue weighted by Crippen LogP contribution is -2.46. The summed E-state index contributed by atoms with van der Waals surface area (Å²) in [5, 5.41) is 103. The van der Waals surface area contributed by atoms with Crippen molar-refractivity contribution in [2.45, 2.75) is 23.7 Å². The molecule has 86 heavy (non-hydrogen) atoms. The maximum absolute atomic E-state index is 4.00. The molecule has 0 heterocycles. The van der Waals surface area contributed by atoms with Crippen LogP contribution in [0.3, 0.4) is 0 Å². The lowest BCUT2D eigenvalue weighted by molar-refractivity contribution is 0.536. The van der Waals surface area contributed by atoms with Gasteiger partial charge in [0, 0.05) is 8.95 Å². The predicted octanol–water partition coefficient (Wildman–Crippen LogP) is 23.9. The summed E-state index contributed by atoms with van der Waals surface area (Å²) in [6.07, 6.45) is 1.91. The fourth-order valence-corrected chi connectivity index (χ4v) is 30.2. The van der Waals surface area contributed by atoms with Gasteiger partial charge in [0.2, 0.25) is 0 Å². The minimum absolute atomic E-state index is 0.436. The predicted molar refractivity (Wildman–Crippen MR) is 371 cm³/mol. The van der Waals surface area contributed by atoms with Crippen LogP contribution in [0.2, 0.25) is 0 Å². The first-order valence-corrected chi connectivity index (χ1v) is 33.3. The number of hydrogen-bond acceptors (Lipinski definition) is 0. The molecule has 0 unspecified atom stereocenters. The van der Waals surface area contributed by atoms with Gasteiger partial charge in [0.1, 0.15) is 0 Å². The fraction of sp³-hybridized carbons (Fsp3) is 0.0476. The van der Waals surface area contributed by atoms with Gasteiger partial charge in [-0.15, -0.1) is 0 Å². The van der Waals surface area contributed by atoms with Gasteiger partial charge >= 0.3 is 0 Å². The highest BCUT2D eigenvalue weighted by molar-refractivity contribution is 9.10. The van der Waals surface area contributed by atoms with Gasteiger partial charge in [0.05, 0.1) is 10.8 Å². The van der Waals surface area contributed by atoms with Gasteiger partial charge in [0.25, 0.3) is 0 Å². The van der Waals surface area contributed by atoms with E-state index in [1.54, 1.807) is 367 Å². The summed E-state index contributed by atoms with van der Waals surface area (Å²) in [4.78, 5) is 0. The van der Waals surface area contributed by atoms with Crippen molar-refractivity contribution in [1.82, 2.24) is 0 Å². The molecular weight excluding hydrogens is 1170 g/mol. The van der Waals surface area contributed by atoms with Crippen LogP contribution in [0.1, 0.15) is 44.5 Å². The Hall–Kier alpha value is -9.44. The Bertz CT molecular complexity index is 8800. The number of hydrogen-bond donors (Lipinski definition) is 0. The highest BCUT2D eigenvalue weighted by Crippen LogP contribution is 2.85. The van der Waals surface area contributed by atoms with Crippen LogP contribution < -0.4 is 0 Å². The molecule has 0 N–H and O–H groups in total. The van der Waals surface area contributed by atoms with Crippen LogP contribution >= 0.6 is 31.9 Å². The zero-order chi connectivity index (χ0) is 51.6. The van der Waals surface area contributed by atoms with Crippen molar-refractivity contribution in [2.75, 3.05) is 0 Å². The van der Waals surface area contributed by atoms with E-state index in [2.05, 4.69) is 80.4 Å². The quantitative estimate of drug-likeness (QED) is 0.122. The van der Waals surface area contributed by atoms with Gasteiger partial charge in [-0.25, -0.2) is 0 Å². The first kappa shape index (κ1) is 33.9. The number of halogens is 2. The van der Waals surface area contributed by atoms with Crippen LogP contribution in [0.25, 0.3) is 334 Å². The Morgan fingerprint density at radius 1 is 0.151 bits per heavy atom. The van der Waals surface area contributed by atoms with Gasteiger partial charge in [-0.3, -0.25) is 0 Å². The van der Waals surface area contributed by atoms with E-state index in [9.17, 15) is 0 Å². The average Bonchev–Trinajstić information content (AvgIpc) is 1.38. The van der Waals surface area contributed by atoms with Crippen LogP contribution in [-0.4, -0.2) is 0 Å². The summed E-state index contributed by atoms with van der Waals surface area (Å²) in [6, 6.07) is 19.6. The molecule has 0 saturated carbocycles. The third-order valence-electron chi connectivity index (χ3n) is 30.1. The molecule has 34 aromatic carbocycles. The minimum Gasteiger partial charge on any atom is -0.0579 e. The van der Waals surface area contributed by atoms with Crippen molar-refractivity contribution < 1.29 is 0 Å². The van der Waals surface area contributed by atoms with E-state index in [0.29, 0.717) is 0 Å². The molecule has 0 aliphatic heterocycles. The standard InChI is InChI=1S/C84H12Br2/c85-13-5-1-11(2-6-13)9-83-77-69-59-53-37-29-21-15-16-17-19-23(21)35(37)41-39-27(19)32-26(17)34-30-22(16)24-20-18(15)25-31-28(20)40-42-36(24)38(30)54-56-46(34)48-44(32)51-49(39)61(57(41)59)73(77)75-65(51)64(48)72-68(56)70-60(54)58(42)62-50(40)52-43(31)47-45(33(25)29)55(53)67(69)71-63(47)66(52)76-74(62)78(70)84(80(72)81(75)83,82(76)79(71)83)10-12-3-7-14(86)8-4-12/h1-8H,9-10H2/t83-,84-/m1/s1. The van der Waals surface area contributed by atoms with Gasteiger partial charge in [0.15, 0.2) is 0 Å². The van der Waals surface area contributed by atoms with Crippen LogP contribution in [0.5, 0.6) is 0 Å². The zero-order valence-corrected chi connectivity index (χ0v) is 47.0. The molecule has 5 aliphatic rings. The lowest BCUT2D eigenvalue weighted by Gasteiger charge is -2.51. The molecule has 0 amide bonds. The molecule has 34 aromatic rings. The molecule has 0 nitrogen and oxygen atoms in total. The molecule has 2 heteroatoms. The maximum atomic E-state index is 4.00. The maximum Gasteiger partial charge on any atom is 0.0523 e. The molecule has 0 bridgehead atoms. The van der Waals surface area contributed by atoms with Crippen LogP contribution in [0, 0.1) is 0 Å². The fourth-order valence-electron chi connectivity index (χ4n) is 29.7. The molecule has 0 spiro atoms. The first-order valence-electron chi connectivity index (χ1n) is 31.7. The Labute approximate surface area is 487 Å². The van der Waals surface area contributed by atoms with Crippen molar-refractivity contribution in [1.29, 1.82) is 0 Å². The van der Waals surface area contributed by atoms with E-state index >= 15 is 0 Å². The van der Waals surface area contributed by atoms with Gasteiger partial charge in [-0.05, 0) is 416 Å². The summed E-state index contributed by atoms with van der Waals surface area (Å²) < 4.78 is 2.33. The summed E-state index contributed by atoms with van der Waals surface area (Å²) in [5.74, 6) is 0. The van der Waals surface area contributed by atoms with Crippen LogP contribution in [0.4, 0.5) is 0 Å². The number of rotatable bonds is 4. The highest BCUT2D eigenvalue weighted by Gasteiger charge is 2.66. The first-order chi connectivity index (χ1) is 42.7. The molecular formula is C84H12Br2. The summed E-state index contributed by atoms with van der Waals surface area (Å²) in [6.45, 7) is 0. The third-order valence-corrected chi connectivity index (χ3v) is 31.1. The SMILES string of the molecule is Brc1ccc(C[C@]23c4c5c6c7c8c9c%10c%11c(c2c2c%12c%13c3c3c4c4c6c6c%14c7c7c8c8c%10c%10c%15c%11c2c2c%11c%12c%12c%13c%13c3c3c4c6c4c6c3c%13c3c%12c%12c%11c%11c(c%152)c2c%10c8c8c7c7c%14c4c4c6c3c%12c3c%11c2c8c7c43)[C@@]59Cc2ccc(Br)cc2)cc1.